The van der Waals surface area contributed by atoms with Gasteiger partial charge < -0.3 is 20.6 Å². The van der Waals surface area contributed by atoms with Crippen LogP contribution in [0.3, 0.4) is 0 Å². The van der Waals surface area contributed by atoms with E-state index in [2.05, 4.69) is 26.6 Å². The van der Waals surface area contributed by atoms with Crippen LogP contribution in [0.5, 0.6) is 0 Å². The Labute approximate surface area is 252 Å². The van der Waals surface area contributed by atoms with Crippen molar-refractivity contribution in [2.75, 3.05) is 11.9 Å². The predicted octanol–water partition coefficient (Wildman–Crippen LogP) is 4.77. The highest BCUT2D eigenvalue weighted by atomic mass is 79.9. The van der Waals surface area contributed by atoms with Gasteiger partial charge in [0.2, 0.25) is 17.7 Å². The molecule has 7 nitrogen and oxygen atoms in total. The van der Waals surface area contributed by atoms with Gasteiger partial charge in [-0.15, -0.1) is 11.8 Å². The summed E-state index contributed by atoms with van der Waals surface area (Å²) < 4.78 is -0.815. The number of alkyl halides is 1. The average Bonchev–Trinajstić information content (AvgIpc) is 3.54. The Balaban J connectivity index is 1.53. The third-order valence-electron chi connectivity index (χ3n) is 8.90. The molecule has 0 aliphatic carbocycles. The van der Waals surface area contributed by atoms with Crippen LogP contribution in [0.1, 0.15) is 37.8 Å². The molecule has 2 aromatic rings. The van der Waals surface area contributed by atoms with E-state index in [4.69, 9.17) is 11.6 Å². The Morgan fingerprint density at radius 1 is 1.20 bits per heavy atom. The van der Waals surface area contributed by atoms with Crippen molar-refractivity contribution in [1.82, 2.24) is 10.2 Å². The quantitative estimate of drug-likeness (QED) is 0.340. The van der Waals surface area contributed by atoms with Crippen LogP contribution in [0, 0.1) is 24.7 Å². The zero-order chi connectivity index (χ0) is 28.8. The van der Waals surface area contributed by atoms with E-state index in [1.807, 2.05) is 63.2 Å². The molecule has 5 rings (SSSR count). The summed E-state index contributed by atoms with van der Waals surface area (Å²) in [6.45, 7) is 5.95. The largest absolute Gasteiger partial charge is 0.394 e. The molecular weight excluding hydrogens is 614 g/mol. The molecule has 3 amide bonds. The fourth-order valence-electron chi connectivity index (χ4n) is 6.72. The Morgan fingerprint density at radius 3 is 2.58 bits per heavy atom. The summed E-state index contributed by atoms with van der Waals surface area (Å²) in [5, 5.41) is 16.9. The molecule has 0 radical (unpaired) electrons. The number of para-hydroxylation sites is 1. The normalized spacial score (nSPS) is 30.2. The lowest BCUT2D eigenvalue weighted by atomic mass is 9.70. The highest BCUT2D eigenvalue weighted by molar-refractivity contribution is 9.09. The number of nitrogens with one attached hydrogen (secondary N) is 2. The summed E-state index contributed by atoms with van der Waals surface area (Å²) in [6, 6.07) is 13.6. The Kier molecular flexibility index (Phi) is 8.58. The SMILES string of the molecule is CC[C@H](C)[C@H](CO)N1C(=O)[C@@H]2[C@@H](C(=O)NCc3ccccc3)[C@@H]3SC2(CC3Br)C1C(=O)Nc1c(C)cccc1Cl. The van der Waals surface area contributed by atoms with Crippen molar-refractivity contribution in [2.45, 2.75) is 67.1 Å². The lowest BCUT2D eigenvalue weighted by Crippen LogP contribution is -2.56. The van der Waals surface area contributed by atoms with Gasteiger partial charge in [-0.2, -0.15) is 0 Å². The summed E-state index contributed by atoms with van der Waals surface area (Å²) >= 11 is 11.9. The molecule has 40 heavy (non-hydrogen) atoms. The van der Waals surface area contributed by atoms with E-state index in [0.29, 0.717) is 23.7 Å². The first-order chi connectivity index (χ1) is 19.1. The van der Waals surface area contributed by atoms with Gasteiger partial charge in [0.15, 0.2) is 0 Å². The van der Waals surface area contributed by atoms with Crippen LogP contribution in [0.4, 0.5) is 5.69 Å². The second-order valence-corrected chi connectivity index (χ2v) is 14.3. The number of carbonyl (C=O) groups excluding carboxylic acids is 3. The Hall–Kier alpha value is -2.07. The molecule has 214 valence electrons. The highest BCUT2D eigenvalue weighted by Crippen LogP contribution is 2.68. The van der Waals surface area contributed by atoms with Crippen molar-refractivity contribution in [3.8, 4) is 0 Å². The molecule has 3 fully saturated rings. The second-order valence-electron chi connectivity index (χ2n) is 11.2. The number of aryl methyl sites for hydroxylation is 1. The number of hydrogen-bond acceptors (Lipinski definition) is 5. The first kappa shape index (κ1) is 29.4. The summed E-state index contributed by atoms with van der Waals surface area (Å²) in [4.78, 5) is 44.0. The molecule has 10 heteroatoms. The van der Waals surface area contributed by atoms with Crippen LogP contribution < -0.4 is 10.6 Å². The van der Waals surface area contributed by atoms with Crippen molar-refractivity contribution < 1.29 is 19.5 Å². The molecule has 3 aliphatic rings. The lowest BCUT2D eigenvalue weighted by Gasteiger charge is -2.39. The summed E-state index contributed by atoms with van der Waals surface area (Å²) in [5.41, 5.74) is 2.29. The first-order valence-corrected chi connectivity index (χ1v) is 15.9. The van der Waals surface area contributed by atoms with Gasteiger partial charge >= 0.3 is 0 Å². The van der Waals surface area contributed by atoms with Crippen LogP contribution in [0.25, 0.3) is 0 Å². The topological polar surface area (TPSA) is 98.7 Å². The minimum atomic E-state index is -0.867. The van der Waals surface area contributed by atoms with Gasteiger partial charge in [-0.05, 0) is 36.5 Å². The number of hydrogen-bond donors (Lipinski definition) is 3. The van der Waals surface area contributed by atoms with E-state index in [9.17, 15) is 19.5 Å². The zero-order valence-corrected chi connectivity index (χ0v) is 25.9. The van der Waals surface area contributed by atoms with Gasteiger partial charge in [-0.1, -0.05) is 90.3 Å². The van der Waals surface area contributed by atoms with Crippen molar-refractivity contribution >= 4 is 62.7 Å². The number of anilines is 1. The van der Waals surface area contributed by atoms with Crippen LogP contribution in [-0.4, -0.2) is 61.2 Å². The highest BCUT2D eigenvalue weighted by Gasteiger charge is 2.76. The molecule has 3 N–H and O–H groups in total. The minimum Gasteiger partial charge on any atom is -0.394 e. The third kappa shape index (κ3) is 4.86. The molecular formula is C30H35BrClN3O4S. The predicted molar refractivity (Wildman–Crippen MR) is 162 cm³/mol. The lowest BCUT2D eigenvalue weighted by molar-refractivity contribution is -0.143. The number of aliphatic hydroxyl groups excluding tert-OH is 1. The van der Waals surface area contributed by atoms with E-state index in [-0.39, 0.29) is 40.3 Å². The summed E-state index contributed by atoms with van der Waals surface area (Å²) in [7, 11) is 0. The number of fused-ring (bicyclic) bond motifs is 1. The smallest absolute Gasteiger partial charge is 0.248 e. The summed E-state index contributed by atoms with van der Waals surface area (Å²) in [6.07, 6.45) is 1.29. The van der Waals surface area contributed by atoms with Gasteiger partial charge in [0.1, 0.15) is 6.04 Å². The molecule has 3 heterocycles. The third-order valence-corrected chi connectivity index (χ3v) is 12.4. The van der Waals surface area contributed by atoms with Crippen LogP contribution in [-0.2, 0) is 20.9 Å². The number of carbonyl (C=O) groups is 3. The van der Waals surface area contributed by atoms with Gasteiger partial charge in [-0.25, -0.2) is 0 Å². The van der Waals surface area contributed by atoms with E-state index >= 15 is 0 Å². The minimum absolute atomic E-state index is 0.0394. The maximum atomic E-state index is 14.4. The fraction of sp³-hybridized carbons (Fsp3) is 0.500. The molecule has 3 saturated heterocycles. The van der Waals surface area contributed by atoms with Crippen molar-refractivity contribution in [2.24, 2.45) is 17.8 Å². The van der Waals surface area contributed by atoms with E-state index in [1.165, 1.54) is 0 Å². The average molecular weight is 649 g/mol. The van der Waals surface area contributed by atoms with Crippen molar-refractivity contribution in [3.05, 3.63) is 64.7 Å². The van der Waals surface area contributed by atoms with Gasteiger partial charge in [0, 0.05) is 16.6 Å². The Bertz CT molecular complexity index is 1280. The monoisotopic (exact) mass is 647 g/mol. The first-order valence-electron chi connectivity index (χ1n) is 13.8. The Morgan fingerprint density at radius 2 is 1.93 bits per heavy atom. The summed E-state index contributed by atoms with van der Waals surface area (Å²) in [5.74, 6) is -2.07. The van der Waals surface area contributed by atoms with Crippen LogP contribution in [0.15, 0.2) is 48.5 Å². The number of rotatable bonds is 9. The van der Waals surface area contributed by atoms with Crippen LogP contribution >= 0.6 is 39.3 Å². The standard InChI is InChI=1S/C30H35BrClN3O4S/c1-4-16(2)21(15-36)35-26(28(38)34-24-17(3)9-8-12-20(24)32)30-13-19(31)25(40-30)22(23(30)29(35)39)27(37)33-14-18-10-6-5-7-11-18/h5-12,16,19,21-23,25-26,36H,4,13-15H2,1-3H3,(H,33,37)(H,34,38)/t16-,19?,21-,22+,23-,25+,26?,30?/m0/s1. The second kappa shape index (κ2) is 11.7. The molecule has 2 bridgehead atoms. The number of halogens is 2. The molecule has 8 atom stereocenters. The van der Waals surface area contributed by atoms with Crippen LogP contribution in [0.2, 0.25) is 5.02 Å². The number of benzene rings is 2. The van der Waals surface area contributed by atoms with E-state index in [0.717, 1.165) is 17.5 Å². The molecule has 3 aliphatic heterocycles. The number of nitrogens with zero attached hydrogens (tertiary/aromatic N) is 1. The number of aliphatic hydroxyl groups is 1. The molecule has 0 aromatic heterocycles. The maximum Gasteiger partial charge on any atom is 0.248 e. The molecule has 2 aromatic carbocycles. The van der Waals surface area contributed by atoms with Crippen molar-refractivity contribution in [1.29, 1.82) is 0 Å². The number of likely N-dealkylation sites (tertiary alicyclic amines) is 1. The zero-order valence-electron chi connectivity index (χ0n) is 22.8. The van der Waals surface area contributed by atoms with Gasteiger partial charge in [0.05, 0.1) is 39.9 Å². The van der Waals surface area contributed by atoms with Gasteiger partial charge in [-0.3, -0.25) is 14.4 Å². The number of thioether (sulfide) groups is 1. The van der Waals surface area contributed by atoms with Crippen molar-refractivity contribution in [3.63, 3.8) is 0 Å². The van der Waals surface area contributed by atoms with E-state index in [1.54, 1.807) is 22.7 Å². The molecule has 1 spiro atoms. The fourth-order valence-corrected chi connectivity index (χ4v) is 10.6. The van der Waals surface area contributed by atoms with Gasteiger partial charge in [0.25, 0.3) is 0 Å². The van der Waals surface area contributed by atoms with E-state index < -0.39 is 28.7 Å². The molecule has 0 saturated carbocycles. The maximum absolute atomic E-state index is 14.4. The molecule has 3 unspecified atom stereocenters. The number of amides is 3.